The zero-order valence-electron chi connectivity index (χ0n) is 10.7. The maximum Gasteiger partial charge on any atom is 0.119 e. The van der Waals surface area contributed by atoms with E-state index in [9.17, 15) is 0 Å². The Kier molecular flexibility index (Phi) is 3.89. The number of benzene rings is 1. The first-order chi connectivity index (χ1) is 9.76. The van der Waals surface area contributed by atoms with Crippen molar-refractivity contribution in [1.29, 1.82) is 0 Å². The van der Waals surface area contributed by atoms with Gasteiger partial charge in [0.15, 0.2) is 0 Å². The number of fused-ring (bicyclic) bond motifs is 1. The van der Waals surface area contributed by atoms with Gasteiger partial charge in [-0.2, -0.15) is 0 Å². The first-order valence-electron chi connectivity index (χ1n) is 5.98. The normalized spacial score (nSPS) is 10.7. The number of hydrogen-bond donors (Lipinski definition) is 0. The van der Waals surface area contributed by atoms with Crippen LogP contribution in [0.2, 0.25) is 0 Å². The van der Waals surface area contributed by atoms with Crippen LogP contribution in [0.4, 0.5) is 0 Å². The SMILES string of the molecule is COc1cccc(Sc2ccnc3cc(Br)cnc23)c1. The summed E-state index contributed by atoms with van der Waals surface area (Å²) in [7, 11) is 1.67. The zero-order valence-corrected chi connectivity index (χ0v) is 13.1. The van der Waals surface area contributed by atoms with Gasteiger partial charge < -0.3 is 4.74 Å². The van der Waals surface area contributed by atoms with Crippen LogP contribution >= 0.6 is 27.7 Å². The lowest BCUT2D eigenvalue weighted by atomic mass is 10.3. The molecule has 2 heterocycles. The van der Waals surface area contributed by atoms with Crippen molar-refractivity contribution in [3.05, 3.63) is 53.3 Å². The Morgan fingerprint density at radius 1 is 1.15 bits per heavy atom. The first kappa shape index (κ1) is 13.4. The molecule has 0 radical (unpaired) electrons. The molecule has 3 aromatic rings. The van der Waals surface area contributed by atoms with Crippen LogP contribution in [0.15, 0.2) is 63.1 Å². The quantitative estimate of drug-likeness (QED) is 0.696. The lowest BCUT2D eigenvalue weighted by Gasteiger charge is -2.06. The van der Waals surface area contributed by atoms with Gasteiger partial charge in [0.2, 0.25) is 0 Å². The summed E-state index contributed by atoms with van der Waals surface area (Å²) in [6.07, 6.45) is 3.60. The Morgan fingerprint density at radius 3 is 2.90 bits per heavy atom. The monoisotopic (exact) mass is 346 g/mol. The number of pyridine rings is 2. The molecule has 20 heavy (non-hydrogen) atoms. The average molecular weight is 347 g/mol. The maximum absolute atomic E-state index is 5.25. The molecule has 0 aliphatic carbocycles. The first-order valence-corrected chi connectivity index (χ1v) is 7.59. The smallest absolute Gasteiger partial charge is 0.119 e. The second-order valence-electron chi connectivity index (χ2n) is 4.11. The van der Waals surface area contributed by atoms with Crippen LogP contribution in [0.3, 0.4) is 0 Å². The third-order valence-electron chi connectivity index (χ3n) is 2.78. The molecule has 3 rings (SSSR count). The molecule has 0 atom stereocenters. The van der Waals surface area contributed by atoms with Crippen LogP contribution in [0.5, 0.6) is 5.75 Å². The van der Waals surface area contributed by atoms with Gasteiger partial charge >= 0.3 is 0 Å². The molecule has 2 aromatic heterocycles. The Morgan fingerprint density at radius 2 is 2.05 bits per heavy atom. The second kappa shape index (κ2) is 5.81. The van der Waals surface area contributed by atoms with Gasteiger partial charge in [-0.3, -0.25) is 9.97 Å². The number of methoxy groups -OCH3 is 1. The van der Waals surface area contributed by atoms with Gasteiger partial charge in [0, 0.05) is 26.7 Å². The van der Waals surface area contributed by atoms with Crippen LogP contribution in [0, 0.1) is 0 Å². The average Bonchev–Trinajstić information content (AvgIpc) is 2.47. The van der Waals surface area contributed by atoms with Gasteiger partial charge in [0.25, 0.3) is 0 Å². The third-order valence-corrected chi connectivity index (χ3v) is 4.25. The van der Waals surface area contributed by atoms with E-state index < -0.39 is 0 Å². The van der Waals surface area contributed by atoms with E-state index in [1.54, 1.807) is 31.3 Å². The molecule has 100 valence electrons. The fraction of sp³-hybridized carbons (Fsp3) is 0.0667. The van der Waals surface area contributed by atoms with Gasteiger partial charge in [-0.25, -0.2) is 0 Å². The van der Waals surface area contributed by atoms with E-state index in [1.807, 2.05) is 30.3 Å². The van der Waals surface area contributed by atoms with Crippen LogP contribution in [-0.4, -0.2) is 17.1 Å². The molecule has 5 heteroatoms. The lowest BCUT2D eigenvalue weighted by Crippen LogP contribution is -1.86. The van der Waals surface area contributed by atoms with E-state index in [2.05, 4.69) is 32.0 Å². The van der Waals surface area contributed by atoms with Crippen molar-refractivity contribution >= 4 is 38.7 Å². The minimum absolute atomic E-state index is 0.851. The second-order valence-corrected chi connectivity index (χ2v) is 6.14. The highest BCUT2D eigenvalue weighted by molar-refractivity contribution is 9.10. The minimum atomic E-state index is 0.851. The number of halogens is 1. The summed E-state index contributed by atoms with van der Waals surface area (Å²) in [4.78, 5) is 11.0. The third kappa shape index (κ3) is 2.78. The minimum Gasteiger partial charge on any atom is -0.497 e. The van der Waals surface area contributed by atoms with Crippen molar-refractivity contribution < 1.29 is 4.74 Å². The fourth-order valence-electron chi connectivity index (χ4n) is 1.86. The van der Waals surface area contributed by atoms with E-state index in [1.165, 1.54) is 0 Å². The predicted molar refractivity (Wildman–Crippen MR) is 84.4 cm³/mol. The molecule has 0 unspecified atom stereocenters. The van der Waals surface area contributed by atoms with Gasteiger partial charge in [-0.15, -0.1) is 0 Å². The molecule has 0 amide bonds. The largest absolute Gasteiger partial charge is 0.497 e. The molecule has 0 saturated carbocycles. The van der Waals surface area contributed by atoms with Crippen molar-refractivity contribution in [2.75, 3.05) is 7.11 Å². The summed E-state index contributed by atoms with van der Waals surface area (Å²) in [6.45, 7) is 0. The highest BCUT2D eigenvalue weighted by atomic mass is 79.9. The van der Waals surface area contributed by atoms with Crippen LogP contribution in [-0.2, 0) is 0 Å². The van der Waals surface area contributed by atoms with Crippen molar-refractivity contribution in [3.63, 3.8) is 0 Å². The topological polar surface area (TPSA) is 35.0 Å². The van der Waals surface area contributed by atoms with Crippen LogP contribution in [0.1, 0.15) is 0 Å². The molecule has 0 saturated heterocycles. The fourth-order valence-corrected chi connectivity index (χ4v) is 3.13. The number of aromatic nitrogens is 2. The molecule has 0 bridgehead atoms. The van der Waals surface area contributed by atoms with E-state index in [0.29, 0.717) is 0 Å². The highest BCUT2D eigenvalue weighted by Gasteiger charge is 2.06. The van der Waals surface area contributed by atoms with Gasteiger partial charge in [0.05, 0.1) is 12.6 Å². The summed E-state index contributed by atoms with van der Waals surface area (Å²) in [5.41, 5.74) is 1.79. The zero-order chi connectivity index (χ0) is 13.9. The number of hydrogen-bond acceptors (Lipinski definition) is 4. The molecule has 3 nitrogen and oxygen atoms in total. The lowest BCUT2D eigenvalue weighted by molar-refractivity contribution is 0.413. The molecule has 0 aliphatic rings. The number of nitrogens with zero attached hydrogens (tertiary/aromatic N) is 2. The van der Waals surface area contributed by atoms with Crippen LogP contribution < -0.4 is 4.74 Å². The summed E-state index contributed by atoms with van der Waals surface area (Å²) in [5, 5.41) is 0. The van der Waals surface area contributed by atoms with Crippen LogP contribution in [0.25, 0.3) is 11.0 Å². The Labute approximate surface area is 129 Å². The molecule has 0 spiro atoms. The Bertz CT molecular complexity index is 764. The highest BCUT2D eigenvalue weighted by Crippen LogP contribution is 2.33. The Hall–Kier alpha value is -1.59. The Balaban J connectivity index is 2.02. The maximum atomic E-state index is 5.25. The summed E-state index contributed by atoms with van der Waals surface area (Å²) < 4.78 is 6.18. The van der Waals surface area contributed by atoms with Gasteiger partial charge in [-0.05, 0) is 46.3 Å². The summed E-state index contributed by atoms with van der Waals surface area (Å²) in [5.74, 6) is 0.851. The summed E-state index contributed by atoms with van der Waals surface area (Å²) >= 11 is 5.07. The van der Waals surface area contributed by atoms with E-state index >= 15 is 0 Å². The van der Waals surface area contributed by atoms with Crippen molar-refractivity contribution in [3.8, 4) is 5.75 Å². The molecular formula is C15H11BrN2OS. The predicted octanol–water partition coefficient (Wildman–Crippen LogP) is 4.55. The van der Waals surface area contributed by atoms with Crippen molar-refractivity contribution in [2.45, 2.75) is 9.79 Å². The van der Waals surface area contributed by atoms with Crippen molar-refractivity contribution in [1.82, 2.24) is 9.97 Å². The standard InChI is InChI=1S/C15H11BrN2OS/c1-19-11-3-2-4-12(8-11)20-14-5-6-17-13-7-10(16)9-18-15(13)14/h2-9H,1H3. The van der Waals surface area contributed by atoms with Gasteiger partial charge in [0.1, 0.15) is 11.3 Å². The number of ether oxygens (including phenoxy) is 1. The van der Waals surface area contributed by atoms with E-state index in [4.69, 9.17) is 4.74 Å². The number of rotatable bonds is 3. The van der Waals surface area contributed by atoms with E-state index in [-0.39, 0.29) is 0 Å². The van der Waals surface area contributed by atoms with Gasteiger partial charge in [-0.1, -0.05) is 17.8 Å². The van der Waals surface area contributed by atoms with E-state index in [0.717, 1.165) is 31.0 Å². The molecule has 1 aromatic carbocycles. The summed E-state index contributed by atoms with van der Waals surface area (Å²) in [6, 6.07) is 11.9. The molecular weight excluding hydrogens is 336 g/mol. The molecule has 0 fully saturated rings. The molecule has 0 N–H and O–H groups in total. The van der Waals surface area contributed by atoms with Crippen molar-refractivity contribution in [2.24, 2.45) is 0 Å². The molecule has 0 aliphatic heterocycles.